The van der Waals surface area contributed by atoms with Gasteiger partial charge in [-0.2, -0.15) is 0 Å². The topological polar surface area (TPSA) is 29.5 Å². The Labute approximate surface area is 120 Å². The number of benzene rings is 2. The third kappa shape index (κ3) is 1.96. The van der Waals surface area contributed by atoms with Crippen molar-refractivity contribution >= 4 is 0 Å². The minimum absolute atomic E-state index is 0.00583. The van der Waals surface area contributed by atoms with Crippen LogP contribution in [0.25, 0.3) is 0 Å². The minimum Gasteiger partial charge on any atom is -0.508 e. The summed E-state index contributed by atoms with van der Waals surface area (Å²) in [5, 5.41) is 10.2. The first-order valence-electron chi connectivity index (χ1n) is 6.99. The first-order chi connectivity index (χ1) is 9.42. The summed E-state index contributed by atoms with van der Waals surface area (Å²) < 4.78 is 6.26. The minimum atomic E-state index is -0.511. The van der Waals surface area contributed by atoms with Crippen molar-refractivity contribution in [2.24, 2.45) is 0 Å². The maximum atomic E-state index is 10.2. The van der Waals surface area contributed by atoms with E-state index in [1.165, 1.54) is 5.56 Å². The third-order valence-electron chi connectivity index (χ3n) is 4.20. The Morgan fingerprint density at radius 2 is 1.50 bits per heavy atom. The van der Waals surface area contributed by atoms with E-state index in [1.807, 2.05) is 36.4 Å². The Kier molecular flexibility index (Phi) is 2.79. The molecule has 0 amide bonds. The van der Waals surface area contributed by atoms with Crippen LogP contribution >= 0.6 is 0 Å². The summed E-state index contributed by atoms with van der Waals surface area (Å²) in [7, 11) is 0. The Hall–Kier alpha value is -1.96. The number of rotatable bonds is 1. The molecule has 0 saturated heterocycles. The maximum Gasteiger partial charge on any atom is 0.136 e. The van der Waals surface area contributed by atoms with Crippen LogP contribution in [0.5, 0.6) is 11.5 Å². The van der Waals surface area contributed by atoms with E-state index in [-0.39, 0.29) is 5.41 Å². The van der Waals surface area contributed by atoms with Gasteiger partial charge < -0.3 is 9.84 Å². The molecule has 0 bridgehead atoms. The monoisotopic (exact) mass is 268 g/mol. The molecule has 0 fully saturated rings. The second-order valence-corrected chi connectivity index (χ2v) is 6.41. The summed E-state index contributed by atoms with van der Waals surface area (Å²) in [5.74, 6) is 1.21. The average molecular weight is 268 g/mol. The molecule has 0 aliphatic carbocycles. The molecule has 2 aromatic carbocycles. The van der Waals surface area contributed by atoms with Gasteiger partial charge in [0, 0.05) is 12.0 Å². The van der Waals surface area contributed by atoms with Crippen LogP contribution in [0.3, 0.4) is 0 Å². The van der Waals surface area contributed by atoms with Crippen LogP contribution in [-0.4, -0.2) is 5.11 Å². The number of fused-ring (bicyclic) bond motifs is 1. The number of para-hydroxylation sites is 2. The molecular formula is C18H20O2. The van der Waals surface area contributed by atoms with Gasteiger partial charge in [0.1, 0.15) is 17.1 Å². The molecular weight excluding hydrogens is 248 g/mol. The Bertz CT molecular complexity index is 645. The van der Waals surface area contributed by atoms with E-state index in [2.05, 4.69) is 26.8 Å². The molecule has 1 heterocycles. The van der Waals surface area contributed by atoms with Crippen molar-refractivity contribution in [2.45, 2.75) is 38.2 Å². The van der Waals surface area contributed by atoms with Crippen molar-refractivity contribution in [3.05, 3.63) is 59.7 Å². The number of hydrogen-bond donors (Lipinski definition) is 1. The van der Waals surface area contributed by atoms with E-state index in [1.54, 1.807) is 6.07 Å². The van der Waals surface area contributed by atoms with Crippen molar-refractivity contribution in [1.29, 1.82) is 0 Å². The van der Waals surface area contributed by atoms with Gasteiger partial charge in [0.25, 0.3) is 0 Å². The highest BCUT2D eigenvalue weighted by molar-refractivity contribution is 5.46. The van der Waals surface area contributed by atoms with Gasteiger partial charge in [0.2, 0.25) is 0 Å². The van der Waals surface area contributed by atoms with Gasteiger partial charge in [-0.1, -0.05) is 50.2 Å². The Morgan fingerprint density at radius 1 is 0.900 bits per heavy atom. The van der Waals surface area contributed by atoms with E-state index in [0.717, 1.165) is 17.7 Å². The fraction of sp³-hybridized carbons (Fsp3) is 0.333. The molecule has 1 unspecified atom stereocenters. The summed E-state index contributed by atoms with van der Waals surface area (Å²) >= 11 is 0. The predicted molar refractivity (Wildman–Crippen MR) is 80.2 cm³/mol. The lowest BCUT2D eigenvalue weighted by Crippen LogP contribution is -2.41. The maximum absolute atomic E-state index is 10.2. The van der Waals surface area contributed by atoms with Crippen molar-refractivity contribution in [3.8, 4) is 11.5 Å². The molecule has 0 radical (unpaired) electrons. The highest BCUT2D eigenvalue weighted by atomic mass is 16.5. The largest absolute Gasteiger partial charge is 0.508 e. The van der Waals surface area contributed by atoms with Crippen LogP contribution in [0.2, 0.25) is 0 Å². The van der Waals surface area contributed by atoms with E-state index >= 15 is 0 Å². The van der Waals surface area contributed by atoms with Crippen LogP contribution < -0.4 is 4.74 Å². The van der Waals surface area contributed by atoms with Gasteiger partial charge in [-0.05, 0) is 30.0 Å². The molecule has 0 spiro atoms. The summed E-state index contributed by atoms with van der Waals surface area (Å²) in [6, 6.07) is 15.6. The molecule has 2 heteroatoms. The van der Waals surface area contributed by atoms with Gasteiger partial charge >= 0.3 is 0 Å². The van der Waals surface area contributed by atoms with Gasteiger partial charge in [0.05, 0.1) is 0 Å². The molecule has 0 aromatic heterocycles. The number of phenolic OH excluding ortho intramolecular Hbond substituents is 1. The molecule has 1 aliphatic heterocycles. The van der Waals surface area contributed by atoms with Crippen molar-refractivity contribution in [2.75, 3.05) is 0 Å². The van der Waals surface area contributed by atoms with Crippen molar-refractivity contribution < 1.29 is 9.84 Å². The average Bonchev–Trinajstić information content (AvgIpc) is 2.38. The van der Waals surface area contributed by atoms with Crippen LogP contribution in [0.4, 0.5) is 0 Å². The van der Waals surface area contributed by atoms with Crippen molar-refractivity contribution in [3.63, 3.8) is 0 Å². The van der Waals surface area contributed by atoms with Crippen LogP contribution in [-0.2, 0) is 11.0 Å². The van der Waals surface area contributed by atoms with Gasteiger partial charge in [-0.15, -0.1) is 0 Å². The summed E-state index contributed by atoms with van der Waals surface area (Å²) in [5.41, 5.74) is 1.57. The number of ether oxygens (including phenoxy) is 1. The lowest BCUT2D eigenvalue weighted by molar-refractivity contribution is 0.0305. The summed E-state index contributed by atoms with van der Waals surface area (Å²) in [6.45, 7) is 6.51. The number of aromatic hydroxyl groups is 1. The van der Waals surface area contributed by atoms with Crippen LogP contribution in [0, 0.1) is 0 Å². The molecule has 0 saturated carbocycles. The first-order valence-corrected chi connectivity index (χ1v) is 6.99. The van der Waals surface area contributed by atoms with E-state index in [0.29, 0.717) is 5.75 Å². The second kappa shape index (κ2) is 4.27. The normalized spacial score (nSPS) is 23.8. The zero-order chi connectivity index (χ0) is 14.4. The molecule has 3 rings (SSSR count). The lowest BCUT2D eigenvalue weighted by Gasteiger charge is -2.44. The van der Waals surface area contributed by atoms with Gasteiger partial charge in [-0.3, -0.25) is 0 Å². The second-order valence-electron chi connectivity index (χ2n) is 6.41. The van der Waals surface area contributed by atoms with E-state index < -0.39 is 5.60 Å². The number of hydrogen-bond acceptors (Lipinski definition) is 2. The molecule has 104 valence electrons. The fourth-order valence-electron chi connectivity index (χ4n) is 3.40. The third-order valence-corrected chi connectivity index (χ3v) is 4.20. The lowest BCUT2D eigenvalue weighted by atomic mass is 9.71. The molecule has 1 N–H and O–H groups in total. The predicted octanol–water partition coefficient (Wildman–Crippen LogP) is 4.37. The fourth-order valence-corrected chi connectivity index (χ4v) is 3.40. The van der Waals surface area contributed by atoms with E-state index in [4.69, 9.17) is 4.74 Å². The molecule has 2 aromatic rings. The Balaban J connectivity index is 2.13. The van der Waals surface area contributed by atoms with Crippen LogP contribution in [0.15, 0.2) is 48.5 Å². The van der Waals surface area contributed by atoms with Crippen LogP contribution in [0.1, 0.15) is 38.3 Å². The molecule has 1 aliphatic rings. The smallest absolute Gasteiger partial charge is 0.136 e. The molecule has 1 atom stereocenters. The van der Waals surface area contributed by atoms with E-state index in [9.17, 15) is 5.11 Å². The molecule has 2 nitrogen and oxygen atoms in total. The summed E-state index contributed by atoms with van der Waals surface area (Å²) in [6.07, 6.45) is 0.828. The standard InChI is InChI=1S/C18H20O2/c1-17(2)12-18(3,13-8-4-6-10-15(13)19)20-16-11-7-5-9-14(16)17/h4-11,19H,12H2,1-3H3. The Morgan fingerprint density at radius 3 is 2.20 bits per heavy atom. The summed E-state index contributed by atoms with van der Waals surface area (Å²) in [4.78, 5) is 0. The highest BCUT2D eigenvalue weighted by Crippen LogP contribution is 2.49. The van der Waals surface area contributed by atoms with Gasteiger partial charge in [-0.25, -0.2) is 0 Å². The zero-order valence-electron chi connectivity index (χ0n) is 12.2. The zero-order valence-corrected chi connectivity index (χ0v) is 12.2. The van der Waals surface area contributed by atoms with Crippen molar-refractivity contribution in [1.82, 2.24) is 0 Å². The SMILES string of the molecule is CC1(C)CC(C)(c2ccccc2O)Oc2ccccc21. The van der Waals surface area contributed by atoms with Gasteiger partial charge in [0.15, 0.2) is 0 Å². The highest BCUT2D eigenvalue weighted by Gasteiger charge is 2.43. The number of phenols is 1. The quantitative estimate of drug-likeness (QED) is 0.832. The first kappa shape index (κ1) is 13.0. The molecule has 20 heavy (non-hydrogen) atoms.